The van der Waals surface area contributed by atoms with Crippen LogP contribution in [0.2, 0.25) is 5.02 Å². The Kier molecular flexibility index (Phi) is 5.99. The summed E-state index contributed by atoms with van der Waals surface area (Å²) in [5.41, 5.74) is 3.36. The molecule has 2 heterocycles. The highest BCUT2D eigenvalue weighted by atomic mass is 35.5. The maximum atomic E-state index is 6.49. The van der Waals surface area contributed by atoms with Crippen LogP contribution in [-0.4, -0.2) is 55.2 Å². The van der Waals surface area contributed by atoms with Gasteiger partial charge in [0.15, 0.2) is 0 Å². The van der Waals surface area contributed by atoms with Gasteiger partial charge in [0.2, 0.25) is 0 Å². The van der Waals surface area contributed by atoms with Crippen molar-refractivity contribution in [1.29, 1.82) is 0 Å². The van der Waals surface area contributed by atoms with Crippen LogP contribution >= 0.6 is 11.6 Å². The zero-order valence-electron chi connectivity index (χ0n) is 15.3. The summed E-state index contributed by atoms with van der Waals surface area (Å²) < 4.78 is 5.17. The van der Waals surface area contributed by atoms with E-state index in [1.807, 2.05) is 33.2 Å². The van der Waals surface area contributed by atoms with E-state index in [2.05, 4.69) is 32.0 Å². The summed E-state index contributed by atoms with van der Waals surface area (Å²) in [4.78, 5) is 7.02. The first-order chi connectivity index (χ1) is 12.0. The minimum absolute atomic E-state index is 0.852. The van der Waals surface area contributed by atoms with E-state index in [1.165, 1.54) is 5.56 Å². The van der Waals surface area contributed by atoms with Crippen LogP contribution in [-0.2, 0) is 13.1 Å². The maximum Gasteiger partial charge on any atom is 0.133 e. The summed E-state index contributed by atoms with van der Waals surface area (Å²) in [7, 11) is 4.07. The Morgan fingerprint density at radius 2 is 1.80 bits per heavy atom. The molecular formula is C19H27ClN4O. The van der Waals surface area contributed by atoms with Gasteiger partial charge in [-0.2, -0.15) is 0 Å². The molecule has 0 saturated carbocycles. The molecule has 0 N–H and O–H groups in total. The lowest BCUT2D eigenvalue weighted by atomic mass is 10.2. The zero-order valence-corrected chi connectivity index (χ0v) is 16.1. The summed E-state index contributed by atoms with van der Waals surface area (Å²) in [6.07, 6.45) is 1.16. The Balaban J connectivity index is 1.56. The Morgan fingerprint density at radius 1 is 1.08 bits per heavy atom. The normalized spacial score (nSPS) is 16.8. The van der Waals surface area contributed by atoms with Gasteiger partial charge in [-0.15, -0.1) is 0 Å². The van der Waals surface area contributed by atoms with Gasteiger partial charge in [0.1, 0.15) is 5.76 Å². The van der Waals surface area contributed by atoms with Crippen molar-refractivity contribution in [3.63, 3.8) is 0 Å². The molecule has 1 aromatic heterocycles. The first kappa shape index (κ1) is 18.2. The van der Waals surface area contributed by atoms with Gasteiger partial charge in [0.05, 0.1) is 5.69 Å². The van der Waals surface area contributed by atoms with Crippen LogP contribution in [0.15, 0.2) is 28.8 Å². The number of benzene rings is 1. The van der Waals surface area contributed by atoms with E-state index in [-0.39, 0.29) is 0 Å². The van der Waals surface area contributed by atoms with E-state index in [1.54, 1.807) is 0 Å². The largest absolute Gasteiger partial charge is 0.378 e. The van der Waals surface area contributed by atoms with Gasteiger partial charge >= 0.3 is 0 Å². The summed E-state index contributed by atoms with van der Waals surface area (Å²) in [5.74, 6) is 0.877. The second-order valence-corrected chi connectivity index (χ2v) is 7.41. The second-order valence-electron chi connectivity index (χ2n) is 7.00. The molecule has 1 aliphatic rings. The quantitative estimate of drug-likeness (QED) is 0.814. The Morgan fingerprint density at radius 3 is 2.40 bits per heavy atom. The van der Waals surface area contributed by atoms with E-state index in [4.69, 9.17) is 16.1 Å². The number of nitrogens with zero attached hydrogens (tertiary/aromatic N) is 4. The third kappa shape index (κ3) is 4.97. The van der Waals surface area contributed by atoms with Gasteiger partial charge in [-0.05, 0) is 44.1 Å². The molecule has 0 amide bonds. The highest BCUT2D eigenvalue weighted by Gasteiger charge is 2.17. The number of aryl methyl sites for hydroxylation is 1. The molecule has 6 heteroatoms. The minimum Gasteiger partial charge on any atom is -0.378 e. The SMILES string of the molecule is Cc1cc(CN2CCCN(Cc3ccc(N(C)C)cc3Cl)CC2)no1. The Labute approximate surface area is 155 Å². The van der Waals surface area contributed by atoms with Crippen molar-refractivity contribution in [2.24, 2.45) is 0 Å². The van der Waals surface area contributed by atoms with E-state index in [0.717, 1.165) is 67.9 Å². The second kappa shape index (κ2) is 8.21. The van der Waals surface area contributed by atoms with Crippen LogP contribution < -0.4 is 4.90 Å². The van der Waals surface area contributed by atoms with Gasteiger partial charge < -0.3 is 9.42 Å². The fraction of sp³-hybridized carbons (Fsp3) is 0.526. The van der Waals surface area contributed by atoms with E-state index in [9.17, 15) is 0 Å². The molecule has 3 rings (SSSR count). The lowest BCUT2D eigenvalue weighted by Gasteiger charge is -2.22. The Bertz CT molecular complexity index is 700. The van der Waals surface area contributed by atoms with E-state index < -0.39 is 0 Å². The summed E-state index contributed by atoms with van der Waals surface area (Å²) >= 11 is 6.49. The van der Waals surface area contributed by atoms with Crippen LogP contribution in [0.1, 0.15) is 23.4 Å². The molecule has 0 aliphatic carbocycles. The number of rotatable bonds is 5. The minimum atomic E-state index is 0.852. The molecule has 0 radical (unpaired) electrons. The summed E-state index contributed by atoms with van der Waals surface area (Å²) in [5, 5.41) is 4.96. The zero-order chi connectivity index (χ0) is 17.8. The van der Waals surface area contributed by atoms with Crippen molar-refractivity contribution in [3.05, 3.63) is 46.3 Å². The van der Waals surface area contributed by atoms with Gasteiger partial charge in [0, 0.05) is 57.1 Å². The highest BCUT2D eigenvalue weighted by molar-refractivity contribution is 6.31. The predicted octanol–water partition coefficient (Wildman–Crippen LogP) is 3.41. The highest BCUT2D eigenvalue weighted by Crippen LogP contribution is 2.24. The predicted molar refractivity (Wildman–Crippen MR) is 102 cm³/mol. The average molecular weight is 363 g/mol. The van der Waals surface area contributed by atoms with Crippen molar-refractivity contribution in [2.75, 3.05) is 45.2 Å². The standard InChI is InChI=1S/C19H27ClN4O/c1-15-11-17(21-25-15)14-24-8-4-7-23(9-10-24)13-16-5-6-18(22(2)3)12-19(16)20/h5-6,11-12H,4,7-10,13-14H2,1-3H3. The third-order valence-corrected chi connectivity index (χ3v) is 5.04. The lowest BCUT2D eigenvalue weighted by Crippen LogP contribution is -2.30. The average Bonchev–Trinajstić information content (AvgIpc) is 2.85. The molecule has 2 aromatic rings. The van der Waals surface area contributed by atoms with Gasteiger partial charge in [-0.25, -0.2) is 0 Å². The molecule has 0 spiro atoms. The summed E-state index contributed by atoms with van der Waals surface area (Å²) in [6.45, 7) is 7.98. The fourth-order valence-electron chi connectivity index (χ4n) is 3.25. The van der Waals surface area contributed by atoms with Crippen LogP contribution in [0.3, 0.4) is 0 Å². The molecule has 1 fully saturated rings. The van der Waals surface area contributed by atoms with Crippen molar-refractivity contribution < 1.29 is 4.52 Å². The molecular weight excluding hydrogens is 336 g/mol. The summed E-state index contributed by atoms with van der Waals surface area (Å²) in [6, 6.07) is 8.36. The molecule has 0 unspecified atom stereocenters. The topological polar surface area (TPSA) is 35.8 Å². The van der Waals surface area contributed by atoms with Gasteiger partial charge in [-0.3, -0.25) is 9.80 Å². The van der Waals surface area contributed by atoms with Crippen LogP contribution in [0.4, 0.5) is 5.69 Å². The number of hydrogen-bond acceptors (Lipinski definition) is 5. The molecule has 1 saturated heterocycles. The van der Waals surface area contributed by atoms with Crippen molar-refractivity contribution >= 4 is 17.3 Å². The number of hydrogen-bond donors (Lipinski definition) is 0. The smallest absolute Gasteiger partial charge is 0.133 e. The Hall–Kier alpha value is -1.56. The maximum absolute atomic E-state index is 6.49. The van der Waals surface area contributed by atoms with Gasteiger partial charge in [-0.1, -0.05) is 22.8 Å². The van der Waals surface area contributed by atoms with E-state index in [0.29, 0.717) is 0 Å². The molecule has 0 atom stereocenters. The lowest BCUT2D eigenvalue weighted by molar-refractivity contribution is 0.242. The first-order valence-corrected chi connectivity index (χ1v) is 9.22. The first-order valence-electron chi connectivity index (χ1n) is 8.84. The molecule has 136 valence electrons. The van der Waals surface area contributed by atoms with Crippen LogP contribution in [0, 0.1) is 6.92 Å². The number of anilines is 1. The van der Waals surface area contributed by atoms with Crippen LogP contribution in [0.5, 0.6) is 0 Å². The van der Waals surface area contributed by atoms with Gasteiger partial charge in [0.25, 0.3) is 0 Å². The molecule has 25 heavy (non-hydrogen) atoms. The number of aromatic nitrogens is 1. The monoisotopic (exact) mass is 362 g/mol. The fourth-order valence-corrected chi connectivity index (χ4v) is 3.48. The van der Waals surface area contributed by atoms with Crippen LogP contribution in [0.25, 0.3) is 0 Å². The molecule has 5 nitrogen and oxygen atoms in total. The van der Waals surface area contributed by atoms with E-state index >= 15 is 0 Å². The molecule has 1 aromatic carbocycles. The van der Waals surface area contributed by atoms with Crippen molar-refractivity contribution in [1.82, 2.24) is 15.0 Å². The molecule has 0 bridgehead atoms. The van der Waals surface area contributed by atoms with Crippen molar-refractivity contribution in [3.8, 4) is 0 Å². The molecule has 1 aliphatic heterocycles. The third-order valence-electron chi connectivity index (χ3n) is 4.69. The number of halogens is 1. The van der Waals surface area contributed by atoms with Crippen molar-refractivity contribution in [2.45, 2.75) is 26.4 Å².